The molecule has 1 rings (SSSR count). The lowest BCUT2D eigenvalue weighted by Crippen LogP contribution is -2.30. The molecule has 0 amide bonds. The minimum Gasteiger partial charge on any atom is -0.300 e. The molecule has 0 N–H and O–H groups in total. The van der Waals surface area contributed by atoms with Crippen molar-refractivity contribution in [1.29, 1.82) is 0 Å². The maximum atomic E-state index is 11.7. The first-order chi connectivity index (χ1) is 7.00. The highest BCUT2D eigenvalue weighted by Gasteiger charge is 2.06. The van der Waals surface area contributed by atoms with E-state index in [2.05, 4.69) is 6.58 Å². The SMILES string of the molecule is C=C/C=C/c1c(C)n(C)c(=O)n(C)c1=S. The summed E-state index contributed by atoms with van der Waals surface area (Å²) in [6.07, 6.45) is 5.35. The van der Waals surface area contributed by atoms with Gasteiger partial charge in [-0.25, -0.2) is 4.79 Å². The van der Waals surface area contributed by atoms with Crippen molar-refractivity contribution in [1.82, 2.24) is 9.13 Å². The quantitative estimate of drug-likeness (QED) is 0.565. The third-order valence-corrected chi connectivity index (χ3v) is 2.89. The smallest absolute Gasteiger partial charge is 0.300 e. The van der Waals surface area contributed by atoms with Crippen LogP contribution < -0.4 is 5.69 Å². The van der Waals surface area contributed by atoms with E-state index in [1.54, 1.807) is 24.7 Å². The van der Waals surface area contributed by atoms with Crippen molar-refractivity contribution in [2.24, 2.45) is 14.1 Å². The van der Waals surface area contributed by atoms with E-state index in [0.29, 0.717) is 4.64 Å². The van der Waals surface area contributed by atoms with Crippen LogP contribution >= 0.6 is 12.2 Å². The first-order valence-electron chi connectivity index (χ1n) is 4.56. The first kappa shape index (κ1) is 11.7. The molecule has 80 valence electrons. The third kappa shape index (κ3) is 1.99. The van der Waals surface area contributed by atoms with E-state index in [0.717, 1.165) is 11.3 Å². The van der Waals surface area contributed by atoms with Crippen LogP contribution in [0.3, 0.4) is 0 Å². The number of allylic oxidation sites excluding steroid dienone is 2. The summed E-state index contributed by atoms with van der Waals surface area (Å²) in [7, 11) is 3.41. The Bertz CT molecular complexity index is 535. The van der Waals surface area contributed by atoms with Crippen LogP contribution in [-0.2, 0) is 14.1 Å². The number of hydrogen-bond donors (Lipinski definition) is 0. The van der Waals surface area contributed by atoms with Crippen LogP contribution in [-0.4, -0.2) is 9.13 Å². The Morgan fingerprint density at radius 3 is 2.47 bits per heavy atom. The summed E-state index contributed by atoms with van der Waals surface area (Å²) in [4.78, 5) is 11.7. The molecule has 0 atom stereocenters. The summed E-state index contributed by atoms with van der Waals surface area (Å²) in [5, 5.41) is 0. The Morgan fingerprint density at radius 2 is 1.93 bits per heavy atom. The van der Waals surface area contributed by atoms with Crippen LogP contribution in [0.25, 0.3) is 6.08 Å². The zero-order valence-corrected chi connectivity index (χ0v) is 9.97. The monoisotopic (exact) mass is 222 g/mol. The van der Waals surface area contributed by atoms with Gasteiger partial charge in [0.05, 0.1) is 0 Å². The van der Waals surface area contributed by atoms with Gasteiger partial charge in [-0.05, 0) is 6.92 Å². The fourth-order valence-corrected chi connectivity index (χ4v) is 1.62. The largest absolute Gasteiger partial charge is 0.328 e. The molecule has 0 saturated heterocycles. The standard InChI is InChI=1S/C11H14N2OS/c1-5-6-7-9-8(2)12(3)11(14)13(4)10(9)15/h5-7H,1H2,2-4H3/b7-6+. The van der Waals surface area contributed by atoms with Gasteiger partial charge in [-0.2, -0.15) is 0 Å². The Labute approximate surface area is 94.0 Å². The Hall–Kier alpha value is -1.42. The van der Waals surface area contributed by atoms with Gasteiger partial charge in [-0.15, -0.1) is 0 Å². The van der Waals surface area contributed by atoms with E-state index < -0.39 is 0 Å². The molecule has 0 saturated carbocycles. The van der Waals surface area contributed by atoms with Crippen molar-refractivity contribution in [3.8, 4) is 0 Å². The highest BCUT2D eigenvalue weighted by atomic mass is 32.1. The summed E-state index contributed by atoms with van der Waals surface area (Å²) < 4.78 is 3.60. The zero-order valence-electron chi connectivity index (χ0n) is 9.15. The van der Waals surface area contributed by atoms with E-state index in [1.807, 2.05) is 19.1 Å². The molecule has 0 spiro atoms. The van der Waals surface area contributed by atoms with Crippen molar-refractivity contribution >= 4 is 18.3 Å². The molecule has 0 radical (unpaired) electrons. The van der Waals surface area contributed by atoms with Gasteiger partial charge in [-0.1, -0.05) is 37.0 Å². The molecule has 1 aromatic heterocycles. The maximum absolute atomic E-state index is 11.7. The molecular weight excluding hydrogens is 208 g/mol. The second-order valence-corrected chi connectivity index (χ2v) is 3.69. The Balaban J connectivity index is 3.67. The van der Waals surface area contributed by atoms with Gasteiger partial charge in [0.1, 0.15) is 4.64 Å². The molecule has 1 heterocycles. The fourth-order valence-electron chi connectivity index (χ4n) is 1.33. The molecule has 0 bridgehead atoms. The van der Waals surface area contributed by atoms with E-state index in [9.17, 15) is 4.79 Å². The number of nitrogens with zero attached hydrogens (tertiary/aromatic N) is 2. The third-order valence-electron chi connectivity index (χ3n) is 2.40. The normalized spacial score (nSPS) is 10.9. The molecule has 4 heteroatoms. The molecule has 1 aromatic rings. The van der Waals surface area contributed by atoms with E-state index in [-0.39, 0.29) is 5.69 Å². The van der Waals surface area contributed by atoms with Crippen LogP contribution in [0.15, 0.2) is 23.5 Å². The van der Waals surface area contributed by atoms with Gasteiger partial charge >= 0.3 is 5.69 Å². The lowest BCUT2D eigenvalue weighted by Gasteiger charge is -2.10. The van der Waals surface area contributed by atoms with E-state index >= 15 is 0 Å². The van der Waals surface area contributed by atoms with Gasteiger partial charge in [-0.3, -0.25) is 4.57 Å². The molecule has 0 fully saturated rings. The van der Waals surface area contributed by atoms with Crippen molar-refractivity contribution in [2.45, 2.75) is 6.92 Å². The topological polar surface area (TPSA) is 26.9 Å². The molecular formula is C11H14N2OS. The van der Waals surface area contributed by atoms with Gasteiger partial charge in [0, 0.05) is 25.4 Å². The molecule has 0 aliphatic carbocycles. The predicted octanol–water partition coefficient (Wildman–Crippen LogP) is 1.96. The van der Waals surface area contributed by atoms with E-state index in [4.69, 9.17) is 12.2 Å². The fraction of sp³-hybridized carbons (Fsp3) is 0.273. The Kier molecular flexibility index (Phi) is 3.42. The van der Waals surface area contributed by atoms with Crippen LogP contribution in [0.5, 0.6) is 0 Å². The average Bonchev–Trinajstić information content (AvgIpc) is 2.24. The van der Waals surface area contributed by atoms with Crippen molar-refractivity contribution in [2.75, 3.05) is 0 Å². The van der Waals surface area contributed by atoms with E-state index in [1.165, 1.54) is 4.57 Å². The Morgan fingerprint density at radius 1 is 1.33 bits per heavy atom. The second kappa shape index (κ2) is 4.40. The highest BCUT2D eigenvalue weighted by Crippen LogP contribution is 2.08. The zero-order chi connectivity index (χ0) is 11.6. The van der Waals surface area contributed by atoms with Crippen LogP contribution in [0.2, 0.25) is 0 Å². The second-order valence-electron chi connectivity index (χ2n) is 3.30. The number of hydrogen-bond acceptors (Lipinski definition) is 2. The van der Waals surface area contributed by atoms with Gasteiger partial charge in [0.25, 0.3) is 0 Å². The van der Waals surface area contributed by atoms with Crippen LogP contribution in [0, 0.1) is 11.6 Å². The highest BCUT2D eigenvalue weighted by molar-refractivity contribution is 7.71. The minimum absolute atomic E-state index is 0.103. The molecule has 15 heavy (non-hydrogen) atoms. The molecule has 0 aliphatic rings. The van der Waals surface area contributed by atoms with Crippen molar-refractivity contribution < 1.29 is 0 Å². The summed E-state index contributed by atoms with van der Waals surface area (Å²) in [5.41, 5.74) is 1.64. The summed E-state index contributed by atoms with van der Waals surface area (Å²) >= 11 is 5.21. The average molecular weight is 222 g/mol. The first-order valence-corrected chi connectivity index (χ1v) is 4.97. The number of rotatable bonds is 2. The molecule has 0 unspecified atom stereocenters. The molecule has 3 nitrogen and oxygen atoms in total. The van der Waals surface area contributed by atoms with Crippen LogP contribution in [0.1, 0.15) is 11.3 Å². The van der Waals surface area contributed by atoms with Crippen molar-refractivity contribution in [3.05, 3.63) is 45.1 Å². The predicted molar refractivity (Wildman–Crippen MR) is 65.5 cm³/mol. The summed E-state index contributed by atoms with van der Waals surface area (Å²) in [6, 6.07) is 0. The van der Waals surface area contributed by atoms with Crippen molar-refractivity contribution in [3.63, 3.8) is 0 Å². The molecule has 0 aromatic carbocycles. The van der Waals surface area contributed by atoms with Gasteiger partial charge < -0.3 is 4.57 Å². The van der Waals surface area contributed by atoms with Gasteiger partial charge in [0.2, 0.25) is 0 Å². The number of aromatic nitrogens is 2. The van der Waals surface area contributed by atoms with Crippen LogP contribution in [0.4, 0.5) is 0 Å². The molecule has 0 aliphatic heterocycles. The maximum Gasteiger partial charge on any atom is 0.328 e. The lowest BCUT2D eigenvalue weighted by molar-refractivity contribution is 0.677. The lowest BCUT2D eigenvalue weighted by atomic mass is 10.2. The van der Waals surface area contributed by atoms with Gasteiger partial charge in [0.15, 0.2) is 0 Å². The summed E-state index contributed by atoms with van der Waals surface area (Å²) in [6.45, 7) is 5.48. The summed E-state index contributed by atoms with van der Waals surface area (Å²) in [5.74, 6) is 0. The minimum atomic E-state index is -0.103.